The minimum Gasteiger partial charge on any atom is -0.461 e. The van der Waals surface area contributed by atoms with E-state index in [-0.39, 0.29) is 12.1 Å². The molecule has 182 valence electrons. The highest BCUT2D eigenvalue weighted by Crippen LogP contribution is 2.32. The molecule has 0 bridgehead atoms. The lowest BCUT2D eigenvalue weighted by Gasteiger charge is -2.37. The van der Waals surface area contributed by atoms with Crippen molar-refractivity contribution in [2.75, 3.05) is 6.54 Å². The second kappa shape index (κ2) is 11.8. The molecule has 0 aromatic heterocycles. The van der Waals surface area contributed by atoms with Crippen LogP contribution in [0.1, 0.15) is 90.5 Å². The Morgan fingerprint density at radius 1 is 1.00 bits per heavy atom. The first-order valence-electron chi connectivity index (χ1n) is 12.9. The second-order valence-electron chi connectivity index (χ2n) is 10.5. The van der Waals surface area contributed by atoms with Crippen LogP contribution in [0.4, 0.5) is 0 Å². The van der Waals surface area contributed by atoms with E-state index in [4.69, 9.17) is 4.74 Å². The molecule has 0 spiro atoms. The molecule has 3 rings (SSSR count). The van der Waals surface area contributed by atoms with Crippen molar-refractivity contribution in [2.45, 2.75) is 104 Å². The summed E-state index contributed by atoms with van der Waals surface area (Å²) in [5, 5.41) is 0. The van der Waals surface area contributed by atoms with E-state index in [0.29, 0.717) is 25.3 Å². The Hall–Kier alpha value is -2.17. The zero-order chi connectivity index (χ0) is 23.8. The van der Waals surface area contributed by atoms with Crippen LogP contribution in [0.5, 0.6) is 0 Å². The predicted molar refractivity (Wildman–Crippen MR) is 130 cm³/mol. The van der Waals surface area contributed by atoms with Gasteiger partial charge in [0.15, 0.2) is 0 Å². The summed E-state index contributed by atoms with van der Waals surface area (Å²) in [7, 11) is 0. The molecule has 2 fully saturated rings. The number of aryl methyl sites for hydroxylation is 1. The molecule has 1 aromatic carbocycles. The fourth-order valence-electron chi connectivity index (χ4n) is 5.08. The minimum atomic E-state index is -0.719. The van der Waals surface area contributed by atoms with Crippen LogP contribution >= 0.6 is 0 Å². The van der Waals surface area contributed by atoms with Crippen molar-refractivity contribution in [3.05, 3.63) is 35.9 Å². The lowest BCUT2D eigenvalue weighted by Crippen LogP contribution is -2.53. The van der Waals surface area contributed by atoms with Gasteiger partial charge in [-0.05, 0) is 62.8 Å². The molecule has 5 nitrogen and oxygen atoms in total. The smallest absolute Gasteiger partial charge is 0.329 e. The molecule has 2 atom stereocenters. The van der Waals surface area contributed by atoms with Crippen molar-refractivity contribution in [1.82, 2.24) is 4.90 Å². The lowest BCUT2D eigenvalue weighted by molar-refractivity contribution is -0.166. The van der Waals surface area contributed by atoms with Gasteiger partial charge in [-0.25, -0.2) is 4.79 Å². The van der Waals surface area contributed by atoms with Gasteiger partial charge in [0.2, 0.25) is 5.78 Å². The number of hydrogen-bond acceptors (Lipinski definition) is 4. The monoisotopic (exact) mass is 455 g/mol. The summed E-state index contributed by atoms with van der Waals surface area (Å²) in [6.07, 6.45) is 10.1. The van der Waals surface area contributed by atoms with Gasteiger partial charge in [-0.1, -0.05) is 70.4 Å². The van der Waals surface area contributed by atoms with Crippen LogP contribution in [-0.4, -0.2) is 41.3 Å². The van der Waals surface area contributed by atoms with Gasteiger partial charge in [-0.2, -0.15) is 0 Å². The number of esters is 1. The Labute approximate surface area is 199 Å². The van der Waals surface area contributed by atoms with E-state index >= 15 is 0 Å². The average molecular weight is 456 g/mol. The summed E-state index contributed by atoms with van der Waals surface area (Å²) in [5.41, 5.74) is 0.528. The Balaban J connectivity index is 1.71. The number of piperidine rings is 1. The van der Waals surface area contributed by atoms with Crippen LogP contribution < -0.4 is 0 Å². The van der Waals surface area contributed by atoms with Crippen molar-refractivity contribution in [3.63, 3.8) is 0 Å². The van der Waals surface area contributed by atoms with Crippen LogP contribution in [0.3, 0.4) is 0 Å². The highest BCUT2D eigenvalue weighted by molar-refractivity contribution is 6.38. The first kappa shape index (κ1) is 25.5. The van der Waals surface area contributed by atoms with Crippen molar-refractivity contribution in [2.24, 2.45) is 11.3 Å². The summed E-state index contributed by atoms with van der Waals surface area (Å²) in [4.78, 5) is 40.8. The van der Waals surface area contributed by atoms with Gasteiger partial charge in [-0.15, -0.1) is 0 Å². The normalized spacial score (nSPS) is 20.8. The number of carbonyl (C=O) groups is 3. The zero-order valence-electron chi connectivity index (χ0n) is 20.7. The van der Waals surface area contributed by atoms with Crippen molar-refractivity contribution in [1.29, 1.82) is 0 Å². The van der Waals surface area contributed by atoms with Crippen LogP contribution in [0.25, 0.3) is 0 Å². The van der Waals surface area contributed by atoms with E-state index in [1.165, 1.54) is 29.7 Å². The van der Waals surface area contributed by atoms with Crippen LogP contribution in [0, 0.1) is 11.3 Å². The second-order valence-corrected chi connectivity index (χ2v) is 10.5. The molecule has 1 saturated heterocycles. The number of ketones is 1. The molecule has 2 aliphatic rings. The van der Waals surface area contributed by atoms with Gasteiger partial charge in [0.1, 0.15) is 12.1 Å². The maximum absolute atomic E-state index is 13.4. The van der Waals surface area contributed by atoms with Crippen molar-refractivity contribution >= 4 is 17.7 Å². The fourth-order valence-corrected chi connectivity index (χ4v) is 5.08. The molecule has 1 unspecified atom stereocenters. The predicted octanol–water partition coefficient (Wildman–Crippen LogP) is 5.50. The molecule has 0 radical (unpaired) electrons. The fraction of sp³-hybridized carbons (Fsp3) is 0.679. The van der Waals surface area contributed by atoms with Gasteiger partial charge in [0, 0.05) is 12.0 Å². The summed E-state index contributed by atoms with van der Waals surface area (Å²) >= 11 is 0. The third kappa shape index (κ3) is 6.68. The number of hydrogen-bond donors (Lipinski definition) is 0. The van der Waals surface area contributed by atoms with E-state index in [1.807, 2.05) is 25.1 Å². The topological polar surface area (TPSA) is 63.7 Å². The number of rotatable bonds is 9. The summed E-state index contributed by atoms with van der Waals surface area (Å²) in [5.74, 6) is -0.881. The molecule has 1 heterocycles. The highest BCUT2D eigenvalue weighted by Gasteiger charge is 2.41. The Kier molecular flexibility index (Phi) is 9.10. The molecule has 1 aliphatic carbocycles. The van der Waals surface area contributed by atoms with E-state index in [9.17, 15) is 14.4 Å². The Morgan fingerprint density at radius 3 is 2.33 bits per heavy atom. The number of Topliss-reactive ketones (excluding diaryl/α,β-unsaturated/α-hetero) is 1. The molecule has 33 heavy (non-hydrogen) atoms. The summed E-state index contributed by atoms with van der Waals surface area (Å²) < 4.78 is 6.18. The molecule has 1 saturated carbocycles. The van der Waals surface area contributed by atoms with Gasteiger partial charge in [0.05, 0.1) is 0 Å². The third-order valence-electron chi connectivity index (χ3n) is 7.73. The Morgan fingerprint density at radius 2 is 1.67 bits per heavy atom. The highest BCUT2D eigenvalue weighted by atomic mass is 16.5. The van der Waals surface area contributed by atoms with Crippen LogP contribution in [0.15, 0.2) is 30.3 Å². The average Bonchev–Trinajstić information content (AvgIpc) is 2.86. The maximum atomic E-state index is 13.4. The van der Waals surface area contributed by atoms with E-state index < -0.39 is 23.1 Å². The van der Waals surface area contributed by atoms with Crippen LogP contribution in [-0.2, 0) is 25.5 Å². The van der Waals surface area contributed by atoms with E-state index in [1.54, 1.807) is 13.8 Å². The van der Waals surface area contributed by atoms with Gasteiger partial charge in [-0.3, -0.25) is 9.59 Å². The minimum absolute atomic E-state index is 0.139. The number of likely N-dealkylation sites (tertiary alicyclic amines) is 1. The van der Waals surface area contributed by atoms with Gasteiger partial charge < -0.3 is 9.64 Å². The first-order chi connectivity index (χ1) is 15.8. The number of amides is 1. The van der Waals surface area contributed by atoms with Crippen molar-refractivity contribution in [3.8, 4) is 0 Å². The molecule has 5 heteroatoms. The van der Waals surface area contributed by atoms with Gasteiger partial charge >= 0.3 is 5.97 Å². The number of carbonyl (C=O) groups excluding carboxylic acids is 3. The molecule has 1 amide bonds. The van der Waals surface area contributed by atoms with Gasteiger partial charge in [0.25, 0.3) is 5.91 Å². The Bertz CT molecular complexity index is 797. The molecular weight excluding hydrogens is 414 g/mol. The molecule has 1 aliphatic heterocycles. The third-order valence-corrected chi connectivity index (χ3v) is 7.73. The number of nitrogens with zero attached hydrogens (tertiary/aromatic N) is 1. The maximum Gasteiger partial charge on any atom is 0.329 e. The SMILES string of the molecule is CCC(C)(C)C(=O)C(=O)N1CCCC[C@@H]1C(=O)OC(CCc1ccccc1)C1CCCCC1. The van der Waals surface area contributed by atoms with E-state index in [0.717, 1.165) is 38.5 Å². The zero-order valence-corrected chi connectivity index (χ0v) is 20.7. The molecule has 0 N–H and O–H groups in total. The van der Waals surface area contributed by atoms with Crippen LogP contribution in [0.2, 0.25) is 0 Å². The number of ether oxygens (including phenoxy) is 1. The largest absolute Gasteiger partial charge is 0.461 e. The number of benzene rings is 1. The molecular formula is C28H41NO4. The molecule has 1 aromatic rings. The quantitative estimate of drug-likeness (QED) is 0.364. The summed E-state index contributed by atoms with van der Waals surface area (Å²) in [6, 6.07) is 9.67. The first-order valence-corrected chi connectivity index (χ1v) is 12.9. The summed E-state index contributed by atoms with van der Waals surface area (Å²) in [6.45, 7) is 5.96. The standard InChI is InChI=1S/C28H41NO4/c1-4-28(2,3)25(30)26(31)29-20-12-11-17-23(29)27(32)33-24(22-15-9-6-10-16-22)19-18-21-13-7-5-8-14-21/h5,7-8,13-14,22-24H,4,6,9-12,15-20H2,1-3H3/t23-,24?/m1/s1. The van der Waals surface area contributed by atoms with Crippen molar-refractivity contribution < 1.29 is 19.1 Å². The van der Waals surface area contributed by atoms with E-state index in [2.05, 4.69) is 12.1 Å². The lowest BCUT2D eigenvalue weighted by atomic mass is 9.83.